The molecule has 4 rings (SSSR count). The number of furan rings is 1. The van der Waals surface area contributed by atoms with E-state index in [1.807, 2.05) is 24.3 Å². The zero-order valence-corrected chi connectivity index (χ0v) is 14.6. The van der Waals surface area contributed by atoms with E-state index in [-0.39, 0.29) is 12.5 Å². The minimum absolute atomic E-state index is 0.279. The molecular formula is C19H19N3O4. The Morgan fingerprint density at radius 2 is 2.00 bits per heavy atom. The fourth-order valence-electron chi connectivity index (χ4n) is 3.53. The van der Waals surface area contributed by atoms with Gasteiger partial charge < -0.3 is 14.6 Å². The number of nitrogens with zero attached hydrogens (tertiary/aromatic N) is 2. The molecule has 0 spiro atoms. The smallest absolute Gasteiger partial charge is 0.325 e. The molecule has 26 heavy (non-hydrogen) atoms. The number of anilines is 1. The molecule has 1 atom stereocenters. The molecule has 134 valence electrons. The highest BCUT2D eigenvalue weighted by Crippen LogP contribution is 2.31. The standard InChI is InChI=1S/C19H19N3O4/c1-12-7-8-15(26-12)19(2)17(24)22(18(25)20-19)11-16(23)21-10-9-13-5-3-4-6-14(13)21/h3-8H,9-11H2,1-2H3,(H,20,25). The van der Waals surface area contributed by atoms with Crippen LogP contribution in [0.2, 0.25) is 0 Å². The Morgan fingerprint density at radius 1 is 1.23 bits per heavy atom. The second-order valence-corrected chi connectivity index (χ2v) is 6.78. The second-order valence-electron chi connectivity index (χ2n) is 6.78. The number of urea groups is 1. The van der Waals surface area contributed by atoms with Crippen LogP contribution >= 0.6 is 0 Å². The van der Waals surface area contributed by atoms with E-state index in [0.29, 0.717) is 18.1 Å². The number of carbonyl (C=O) groups excluding carboxylic acids is 3. The first kappa shape index (κ1) is 16.4. The quantitative estimate of drug-likeness (QED) is 0.855. The van der Waals surface area contributed by atoms with E-state index in [1.54, 1.807) is 30.9 Å². The topological polar surface area (TPSA) is 82.9 Å². The van der Waals surface area contributed by atoms with E-state index >= 15 is 0 Å². The Morgan fingerprint density at radius 3 is 2.73 bits per heavy atom. The number of aryl methyl sites for hydroxylation is 1. The van der Waals surface area contributed by atoms with Gasteiger partial charge in [0, 0.05) is 12.2 Å². The van der Waals surface area contributed by atoms with Gasteiger partial charge in [0.15, 0.2) is 5.54 Å². The largest absolute Gasteiger partial charge is 0.463 e. The molecule has 2 aliphatic rings. The SMILES string of the molecule is Cc1ccc(C2(C)NC(=O)N(CC(=O)N3CCc4ccccc43)C2=O)o1. The highest BCUT2D eigenvalue weighted by atomic mass is 16.3. The van der Waals surface area contributed by atoms with Gasteiger partial charge in [0.05, 0.1) is 0 Å². The van der Waals surface area contributed by atoms with Crippen LogP contribution in [-0.2, 0) is 21.5 Å². The molecule has 0 saturated carbocycles. The molecule has 0 aliphatic carbocycles. The van der Waals surface area contributed by atoms with Crippen molar-refractivity contribution in [3.63, 3.8) is 0 Å². The van der Waals surface area contributed by atoms with Crippen LogP contribution in [0.5, 0.6) is 0 Å². The fourth-order valence-corrected chi connectivity index (χ4v) is 3.53. The van der Waals surface area contributed by atoms with Gasteiger partial charge in [-0.1, -0.05) is 18.2 Å². The third-order valence-corrected chi connectivity index (χ3v) is 4.99. The van der Waals surface area contributed by atoms with Gasteiger partial charge in [0.25, 0.3) is 5.91 Å². The summed E-state index contributed by atoms with van der Waals surface area (Å²) in [5.74, 6) is 0.234. The molecule has 4 amide bonds. The Labute approximate surface area is 150 Å². The van der Waals surface area contributed by atoms with Gasteiger partial charge in [-0.2, -0.15) is 0 Å². The lowest BCUT2D eigenvalue weighted by atomic mass is 9.99. The minimum Gasteiger partial charge on any atom is -0.463 e. The molecule has 7 heteroatoms. The third-order valence-electron chi connectivity index (χ3n) is 4.99. The molecule has 7 nitrogen and oxygen atoms in total. The summed E-state index contributed by atoms with van der Waals surface area (Å²) in [6.45, 7) is 3.60. The lowest BCUT2D eigenvalue weighted by molar-refractivity contribution is -0.134. The Hall–Kier alpha value is -3.09. The molecule has 1 N–H and O–H groups in total. The van der Waals surface area contributed by atoms with Crippen molar-refractivity contribution in [3.8, 4) is 0 Å². The van der Waals surface area contributed by atoms with E-state index < -0.39 is 17.5 Å². The highest BCUT2D eigenvalue weighted by Gasteiger charge is 2.51. The summed E-state index contributed by atoms with van der Waals surface area (Å²) in [5.41, 5.74) is 0.636. The Balaban J connectivity index is 1.55. The summed E-state index contributed by atoms with van der Waals surface area (Å²) in [4.78, 5) is 40.5. The molecule has 1 unspecified atom stereocenters. The van der Waals surface area contributed by atoms with Gasteiger partial charge in [-0.15, -0.1) is 0 Å². The predicted molar refractivity (Wildman–Crippen MR) is 93.5 cm³/mol. The number of fused-ring (bicyclic) bond motifs is 1. The van der Waals surface area contributed by atoms with Gasteiger partial charge in [0.2, 0.25) is 5.91 Å². The lowest BCUT2D eigenvalue weighted by Gasteiger charge is -2.21. The summed E-state index contributed by atoms with van der Waals surface area (Å²) < 4.78 is 5.53. The number of para-hydroxylation sites is 1. The number of hydrogen-bond donors (Lipinski definition) is 1. The zero-order chi connectivity index (χ0) is 18.5. The van der Waals surface area contributed by atoms with Crippen molar-refractivity contribution in [1.82, 2.24) is 10.2 Å². The first-order valence-corrected chi connectivity index (χ1v) is 8.49. The van der Waals surface area contributed by atoms with E-state index in [2.05, 4.69) is 5.32 Å². The van der Waals surface area contributed by atoms with E-state index in [9.17, 15) is 14.4 Å². The van der Waals surface area contributed by atoms with Crippen LogP contribution < -0.4 is 10.2 Å². The molecule has 0 bridgehead atoms. The summed E-state index contributed by atoms with van der Waals surface area (Å²) in [6.07, 6.45) is 0.769. The zero-order valence-electron chi connectivity index (χ0n) is 14.6. The first-order chi connectivity index (χ1) is 12.4. The van der Waals surface area contributed by atoms with Crippen LogP contribution in [0.4, 0.5) is 10.5 Å². The third kappa shape index (κ3) is 2.39. The molecule has 1 aromatic heterocycles. The molecule has 2 aliphatic heterocycles. The van der Waals surface area contributed by atoms with E-state index in [4.69, 9.17) is 4.42 Å². The number of rotatable bonds is 3. The molecule has 1 saturated heterocycles. The number of amides is 4. The predicted octanol–water partition coefficient (Wildman–Crippen LogP) is 1.94. The fraction of sp³-hybridized carbons (Fsp3) is 0.316. The van der Waals surface area contributed by atoms with Crippen LogP contribution in [-0.4, -0.2) is 35.8 Å². The Bertz CT molecular complexity index is 919. The van der Waals surface area contributed by atoms with Gasteiger partial charge in [-0.25, -0.2) is 4.79 Å². The second kappa shape index (κ2) is 5.72. The summed E-state index contributed by atoms with van der Waals surface area (Å²) in [7, 11) is 0. The molecular weight excluding hydrogens is 334 g/mol. The Kier molecular flexibility index (Phi) is 3.61. The van der Waals surface area contributed by atoms with E-state index in [0.717, 1.165) is 22.6 Å². The molecule has 1 aromatic carbocycles. The summed E-state index contributed by atoms with van der Waals surface area (Å²) in [5, 5.41) is 2.65. The summed E-state index contributed by atoms with van der Waals surface area (Å²) >= 11 is 0. The van der Waals surface area contributed by atoms with Crippen LogP contribution in [0.25, 0.3) is 0 Å². The monoisotopic (exact) mass is 353 g/mol. The van der Waals surface area contributed by atoms with Crippen molar-refractivity contribution in [2.75, 3.05) is 18.0 Å². The maximum absolute atomic E-state index is 12.9. The first-order valence-electron chi connectivity index (χ1n) is 8.49. The van der Waals surface area contributed by atoms with Crippen LogP contribution in [0.1, 0.15) is 24.0 Å². The van der Waals surface area contributed by atoms with Crippen molar-refractivity contribution in [2.24, 2.45) is 0 Å². The molecule has 0 radical (unpaired) electrons. The molecule has 1 fully saturated rings. The van der Waals surface area contributed by atoms with Crippen molar-refractivity contribution < 1.29 is 18.8 Å². The maximum atomic E-state index is 12.9. The van der Waals surface area contributed by atoms with Gasteiger partial charge in [-0.05, 0) is 44.0 Å². The normalized spacial score (nSPS) is 21.9. The van der Waals surface area contributed by atoms with Crippen molar-refractivity contribution >= 4 is 23.5 Å². The number of nitrogens with one attached hydrogen (secondary N) is 1. The molecule has 2 aromatic rings. The van der Waals surface area contributed by atoms with Gasteiger partial charge in [0.1, 0.15) is 18.1 Å². The highest BCUT2D eigenvalue weighted by molar-refractivity contribution is 6.10. The maximum Gasteiger partial charge on any atom is 0.325 e. The number of hydrogen-bond acceptors (Lipinski definition) is 4. The summed E-state index contributed by atoms with van der Waals surface area (Å²) in [6, 6.07) is 10.5. The van der Waals surface area contributed by atoms with Crippen LogP contribution in [0.3, 0.4) is 0 Å². The van der Waals surface area contributed by atoms with Crippen molar-refractivity contribution in [1.29, 1.82) is 0 Å². The molecule has 3 heterocycles. The number of carbonyl (C=O) groups is 3. The van der Waals surface area contributed by atoms with Crippen molar-refractivity contribution in [3.05, 3.63) is 53.5 Å². The number of imide groups is 1. The number of benzene rings is 1. The lowest BCUT2D eigenvalue weighted by Crippen LogP contribution is -2.44. The average molecular weight is 353 g/mol. The van der Waals surface area contributed by atoms with E-state index in [1.165, 1.54) is 0 Å². The van der Waals surface area contributed by atoms with Gasteiger partial charge in [-0.3, -0.25) is 14.5 Å². The average Bonchev–Trinajstić information content (AvgIpc) is 3.29. The van der Waals surface area contributed by atoms with Crippen LogP contribution in [0, 0.1) is 6.92 Å². The van der Waals surface area contributed by atoms with Gasteiger partial charge >= 0.3 is 6.03 Å². The van der Waals surface area contributed by atoms with Crippen molar-refractivity contribution in [2.45, 2.75) is 25.8 Å². The minimum atomic E-state index is -1.30. The van der Waals surface area contributed by atoms with Crippen LogP contribution in [0.15, 0.2) is 40.8 Å².